The maximum Gasteiger partial charge on any atom is 0.178 e. The number of sulfone groups is 1. The summed E-state index contributed by atoms with van der Waals surface area (Å²) in [4.78, 5) is 2.40. The summed E-state index contributed by atoms with van der Waals surface area (Å²) in [6, 6.07) is 23.4. The van der Waals surface area contributed by atoms with E-state index in [4.69, 9.17) is 5.11 Å². The van der Waals surface area contributed by atoms with Crippen LogP contribution in [0.15, 0.2) is 77.7 Å². The zero-order valence-electron chi connectivity index (χ0n) is 20.3. The van der Waals surface area contributed by atoms with Gasteiger partial charge in [-0.2, -0.15) is 0 Å². The molecule has 3 rings (SSSR count). The van der Waals surface area contributed by atoms with Crippen LogP contribution in [-0.2, 0) is 9.84 Å². The first-order valence-corrected chi connectivity index (χ1v) is 13.7. The molecule has 0 aliphatic heterocycles. The standard InChI is InChI=1S/C29H35NO4S/c1-30(20-22-32)29-9-5-4-8-28(29)26-16-12-24(13-17-26)10-11-25-14-18-27(19-15-25)35(33,34)23-7-3-2-6-21-31/h4-5,8-19,31-32H,2-3,6-7,20-23H2,1H3. The van der Waals surface area contributed by atoms with Crippen molar-refractivity contribution in [2.75, 3.05) is 37.5 Å². The summed E-state index contributed by atoms with van der Waals surface area (Å²) in [5.41, 5.74) is 5.28. The van der Waals surface area contributed by atoms with Crippen molar-refractivity contribution >= 4 is 27.7 Å². The third-order valence-corrected chi connectivity index (χ3v) is 7.82. The summed E-state index contributed by atoms with van der Waals surface area (Å²) >= 11 is 0. The van der Waals surface area contributed by atoms with Gasteiger partial charge in [0.25, 0.3) is 0 Å². The maximum atomic E-state index is 12.5. The molecule has 0 saturated carbocycles. The van der Waals surface area contributed by atoms with E-state index in [1.54, 1.807) is 12.1 Å². The average molecular weight is 494 g/mol. The van der Waals surface area contributed by atoms with Crippen LogP contribution in [0.4, 0.5) is 5.69 Å². The lowest BCUT2D eigenvalue weighted by Gasteiger charge is -2.21. The Hall–Kier alpha value is -2.93. The molecular weight excluding hydrogens is 458 g/mol. The molecule has 0 saturated heterocycles. The van der Waals surface area contributed by atoms with Gasteiger partial charge in [0.1, 0.15) is 0 Å². The molecule has 3 aromatic rings. The highest BCUT2D eigenvalue weighted by molar-refractivity contribution is 7.91. The molecule has 5 nitrogen and oxygen atoms in total. The monoisotopic (exact) mass is 493 g/mol. The van der Waals surface area contributed by atoms with E-state index < -0.39 is 9.84 Å². The van der Waals surface area contributed by atoms with Crippen molar-refractivity contribution in [2.45, 2.75) is 30.6 Å². The second-order valence-electron chi connectivity index (χ2n) is 8.64. The number of aliphatic hydroxyl groups excluding tert-OH is 2. The van der Waals surface area contributed by atoms with E-state index in [-0.39, 0.29) is 19.0 Å². The number of hydrogen-bond acceptors (Lipinski definition) is 5. The Morgan fingerprint density at radius 2 is 1.34 bits per heavy atom. The molecule has 0 aliphatic carbocycles. The van der Waals surface area contributed by atoms with E-state index >= 15 is 0 Å². The average Bonchev–Trinajstić information content (AvgIpc) is 2.88. The van der Waals surface area contributed by atoms with Gasteiger partial charge in [-0.25, -0.2) is 8.42 Å². The van der Waals surface area contributed by atoms with Gasteiger partial charge < -0.3 is 15.1 Å². The molecule has 0 fully saturated rings. The van der Waals surface area contributed by atoms with Crippen LogP contribution < -0.4 is 4.90 Å². The predicted octanol–water partition coefficient (Wildman–Crippen LogP) is 5.28. The van der Waals surface area contributed by atoms with Crippen LogP contribution in [0.1, 0.15) is 36.8 Å². The fraction of sp³-hybridized carbons (Fsp3) is 0.310. The third kappa shape index (κ3) is 7.79. The topological polar surface area (TPSA) is 77.8 Å². The molecule has 0 spiro atoms. The molecule has 0 unspecified atom stereocenters. The highest BCUT2D eigenvalue weighted by atomic mass is 32.2. The minimum absolute atomic E-state index is 0.104. The smallest absolute Gasteiger partial charge is 0.178 e. The van der Waals surface area contributed by atoms with Crippen LogP contribution >= 0.6 is 0 Å². The predicted molar refractivity (Wildman–Crippen MR) is 145 cm³/mol. The van der Waals surface area contributed by atoms with Crippen LogP contribution in [0, 0.1) is 0 Å². The summed E-state index contributed by atoms with van der Waals surface area (Å²) in [6.07, 6.45) is 6.98. The van der Waals surface area contributed by atoms with Gasteiger partial charge in [-0.15, -0.1) is 0 Å². The van der Waals surface area contributed by atoms with Crippen molar-refractivity contribution in [3.63, 3.8) is 0 Å². The van der Waals surface area contributed by atoms with Gasteiger partial charge in [0, 0.05) is 31.5 Å². The minimum Gasteiger partial charge on any atom is -0.396 e. The zero-order valence-corrected chi connectivity index (χ0v) is 21.1. The number of rotatable bonds is 13. The van der Waals surface area contributed by atoms with Crippen molar-refractivity contribution < 1.29 is 18.6 Å². The zero-order chi connectivity index (χ0) is 25.1. The number of para-hydroxylation sites is 1. The number of hydrogen-bond donors (Lipinski definition) is 2. The normalized spacial score (nSPS) is 11.7. The first-order valence-electron chi connectivity index (χ1n) is 12.1. The summed E-state index contributed by atoms with van der Waals surface area (Å²) < 4.78 is 25.0. The van der Waals surface area contributed by atoms with Crippen molar-refractivity contribution in [2.24, 2.45) is 0 Å². The number of benzene rings is 3. The number of likely N-dealkylation sites (N-methyl/N-ethyl adjacent to an activating group) is 1. The summed E-state index contributed by atoms with van der Waals surface area (Å²) in [5, 5.41) is 18.1. The van der Waals surface area contributed by atoms with E-state index in [9.17, 15) is 13.5 Å². The van der Waals surface area contributed by atoms with E-state index in [0.29, 0.717) is 17.9 Å². The molecule has 3 aromatic carbocycles. The molecule has 0 radical (unpaired) electrons. The molecule has 0 heterocycles. The molecule has 0 aliphatic rings. The molecular formula is C29H35NO4S. The Kier molecular flexibility index (Phi) is 10.1. The molecule has 0 bridgehead atoms. The van der Waals surface area contributed by atoms with E-state index in [1.165, 1.54) is 0 Å². The Bertz CT molecular complexity index is 1190. The number of anilines is 1. The molecule has 6 heteroatoms. The number of unbranched alkanes of at least 4 members (excludes halogenated alkanes) is 3. The van der Waals surface area contributed by atoms with Crippen LogP contribution in [-0.4, -0.2) is 51.2 Å². The van der Waals surface area contributed by atoms with Crippen LogP contribution in [0.25, 0.3) is 23.3 Å². The third-order valence-electron chi connectivity index (χ3n) is 6.00. The molecule has 35 heavy (non-hydrogen) atoms. The Balaban J connectivity index is 1.64. The maximum absolute atomic E-state index is 12.5. The van der Waals surface area contributed by atoms with Gasteiger partial charge in [0.05, 0.1) is 17.3 Å². The minimum atomic E-state index is -3.28. The highest BCUT2D eigenvalue weighted by Gasteiger charge is 2.13. The summed E-state index contributed by atoms with van der Waals surface area (Å²) in [7, 11) is -1.31. The van der Waals surface area contributed by atoms with Crippen LogP contribution in [0.2, 0.25) is 0 Å². The van der Waals surface area contributed by atoms with Crippen LogP contribution in [0.3, 0.4) is 0 Å². The van der Waals surface area contributed by atoms with Gasteiger partial charge in [0.2, 0.25) is 0 Å². The van der Waals surface area contributed by atoms with E-state index in [0.717, 1.165) is 47.2 Å². The Morgan fingerprint density at radius 1 is 0.743 bits per heavy atom. The van der Waals surface area contributed by atoms with Gasteiger partial charge >= 0.3 is 0 Å². The fourth-order valence-electron chi connectivity index (χ4n) is 3.95. The van der Waals surface area contributed by atoms with Gasteiger partial charge in [-0.1, -0.05) is 79.6 Å². The van der Waals surface area contributed by atoms with Gasteiger partial charge in [-0.3, -0.25) is 0 Å². The van der Waals surface area contributed by atoms with Gasteiger partial charge in [-0.05, 0) is 47.7 Å². The molecule has 2 N–H and O–H groups in total. The molecule has 186 valence electrons. The summed E-state index contributed by atoms with van der Waals surface area (Å²) in [5.74, 6) is 0.138. The lowest BCUT2D eigenvalue weighted by Crippen LogP contribution is -2.21. The highest BCUT2D eigenvalue weighted by Crippen LogP contribution is 2.30. The number of nitrogens with zero attached hydrogens (tertiary/aromatic N) is 1. The van der Waals surface area contributed by atoms with Crippen molar-refractivity contribution in [3.8, 4) is 11.1 Å². The Labute approximate surface area is 209 Å². The lowest BCUT2D eigenvalue weighted by molar-refractivity contribution is 0.283. The SMILES string of the molecule is CN(CCO)c1ccccc1-c1ccc(C=Cc2ccc(S(=O)(=O)CCCCCCO)cc2)cc1. The second kappa shape index (κ2) is 13.2. The van der Waals surface area contributed by atoms with Crippen LogP contribution in [0.5, 0.6) is 0 Å². The summed E-state index contributed by atoms with van der Waals surface area (Å²) in [6.45, 7) is 0.832. The second-order valence-corrected chi connectivity index (χ2v) is 10.8. The van der Waals surface area contributed by atoms with E-state index in [2.05, 4.69) is 36.4 Å². The lowest BCUT2D eigenvalue weighted by atomic mass is 10.0. The quantitative estimate of drug-likeness (QED) is 0.250. The van der Waals surface area contributed by atoms with E-state index in [1.807, 2.05) is 48.4 Å². The van der Waals surface area contributed by atoms with Gasteiger partial charge in [0.15, 0.2) is 9.84 Å². The molecule has 0 atom stereocenters. The Morgan fingerprint density at radius 3 is 1.97 bits per heavy atom. The molecule has 0 aromatic heterocycles. The fourth-order valence-corrected chi connectivity index (χ4v) is 5.32. The first-order chi connectivity index (χ1) is 16.9. The van der Waals surface area contributed by atoms with Crippen molar-refractivity contribution in [3.05, 3.63) is 83.9 Å². The van der Waals surface area contributed by atoms with Crippen molar-refractivity contribution in [1.82, 2.24) is 0 Å². The van der Waals surface area contributed by atoms with Crippen molar-refractivity contribution in [1.29, 1.82) is 0 Å². The largest absolute Gasteiger partial charge is 0.396 e. The molecule has 0 amide bonds. The first kappa shape index (κ1) is 26.7. The number of aliphatic hydroxyl groups is 2.